The van der Waals surface area contributed by atoms with Crippen molar-refractivity contribution < 1.29 is 19.4 Å². The van der Waals surface area contributed by atoms with Crippen molar-refractivity contribution in [2.45, 2.75) is 32.7 Å². The number of methoxy groups -OCH3 is 1. The molecule has 17 heavy (non-hydrogen) atoms. The van der Waals surface area contributed by atoms with E-state index < -0.39 is 17.4 Å². The molecule has 4 N–H and O–H groups in total. The zero-order valence-corrected chi connectivity index (χ0v) is 10.7. The molecule has 0 aliphatic rings. The van der Waals surface area contributed by atoms with E-state index in [9.17, 15) is 9.59 Å². The first kappa shape index (κ1) is 15.9. The third-order valence-electron chi connectivity index (χ3n) is 2.99. The van der Waals surface area contributed by atoms with E-state index in [1.54, 1.807) is 6.92 Å². The van der Waals surface area contributed by atoms with Crippen LogP contribution in [0.2, 0.25) is 0 Å². The van der Waals surface area contributed by atoms with Crippen molar-refractivity contribution >= 4 is 11.9 Å². The van der Waals surface area contributed by atoms with Crippen molar-refractivity contribution in [2.24, 2.45) is 11.1 Å². The Balaban J connectivity index is 4.54. The average Bonchev–Trinajstić information content (AvgIpc) is 2.32. The fourth-order valence-electron chi connectivity index (χ4n) is 1.22. The van der Waals surface area contributed by atoms with Crippen LogP contribution in [-0.4, -0.2) is 43.3 Å². The Morgan fingerprint density at radius 3 is 2.47 bits per heavy atom. The van der Waals surface area contributed by atoms with Gasteiger partial charge in [-0.1, -0.05) is 6.92 Å². The third kappa shape index (κ3) is 4.70. The first-order valence-corrected chi connectivity index (χ1v) is 5.64. The number of carboxylic acids is 1. The second-order valence-corrected chi connectivity index (χ2v) is 4.26. The number of aliphatic carboxylic acids is 1. The minimum Gasteiger partial charge on any atom is -0.480 e. The predicted molar refractivity (Wildman–Crippen MR) is 63.5 cm³/mol. The van der Waals surface area contributed by atoms with Crippen LogP contribution in [0.25, 0.3) is 0 Å². The van der Waals surface area contributed by atoms with Crippen LogP contribution in [0.1, 0.15) is 26.7 Å². The van der Waals surface area contributed by atoms with Crippen LogP contribution in [0.4, 0.5) is 0 Å². The minimum absolute atomic E-state index is 0.186. The molecular weight excluding hydrogens is 224 g/mol. The van der Waals surface area contributed by atoms with Gasteiger partial charge in [0, 0.05) is 26.7 Å². The maximum absolute atomic E-state index is 11.9. The number of nitrogens with one attached hydrogen (secondary N) is 1. The van der Waals surface area contributed by atoms with E-state index in [4.69, 9.17) is 15.6 Å². The molecule has 0 aromatic rings. The Hall–Kier alpha value is -1.14. The first-order chi connectivity index (χ1) is 7.91. The van der Waals surface area contributed by atoms with Gasteiger partial charge >= 0.3 is 5.97 Å². The number of hydrogen-bond donors (Lipinski definition) is 3. The summed E-state index contributed by atoms with van der Waals surface area (Å²) in [6.45, 7) is 4.03. The molecule has 6 heteroatoms. The highest BCUT2D eigenvalue weighted by molar-refractivity contribution is 5.87. The molecular formula is C11H22N2O4. The highest BCUT2D eigenvalue weighted by Gasteiger charge is 2.32. The molecule has 0 aromatic carbocycles. The van der Waals surface area contributed by atoms with E-state index in [0.717, 1.165) is 0 Å². The fourth-order valence-corrected chi connectivity index (χ4v) is 1.22. The van der Waals surface area contributed by atoms with E-state index in [2.05, 4.69) is 5.32 Å². The van der Waals surface area contributed by atoms with Gasteiger partial charge in [0.15, 0.2) is 0 Å². The molecule has 0 saturated heterocycles. The predicted octanol–water partition coefficient (Wildman–Crippen LogP) is -0.0327. The molecule has 0 aliphatic heterocycles. The molecule has 2 atom stereocenters. The lowest BCUT2D eigenvalue weighted by Crippen LogP contribution is -2.50. The van der Waals surface area contributed by atoms with Crippen molar-refractivity contribution in [3.8, 4) is 0 Å². The van der Waals surface area contributed by atoms with Crippen molar-refractivity contribution in [1.82, 2.24) is 5.32 Å². The summed E-state index contributed by atoms with van der Waals surface area (Å²) in [5.41, 5.74) is 4.82. The summed E-state index contributed by atoms with van der Waals surface area (Å²) in [4.78, 5) is 22.9. The van der Waals surface area contributed by atoms with Gasteiger partial charge in [-0.3, -0.25) is 4.79 Å². The Morgan fingerprint density at radius 1 is 1.53 bits per heavy atom. The van der Waals surface area contributed by atoms with E-state index in [-0.39, 0.29) is 25.5 Å². The first-order valence-electron chi connectivity index (χ1n) is 5.64. The van der Waals surface area contributed by atoms with Crippen LogP contribution in [-0.2, 0) is 14.3 Å². The monoisotopic (exact) mass is 246 g/mol. The molecule has 6 nitrogen and oxygen atoms in total. The summed E-state index contributed by atoms with van der Waals surface area (Å²) >= 11 is 0. The van der Waals surface area contributed by atoms with Crippen LogP contribution in [0, 0.1) is 5.41 Å². The Morgan fingerprint density at radius 2 is 2.12 bits per heavy atom. The SMILES string of the molecule is CCC(C)(CN)C(=O)NC(CCOC)C(=O)O. The van der Waals surface area contributed by atoms with Crippen molar-refractivity contribution in [1.29, 1.82) is 0 Å². The smallest absolute Gasteiger partial charge is 0.326 e. The largest absolute Gasteiger partial charge is 0.480 e. The molecule has 0 radical (unpaired) electrons. The molecule has 0 aliphatic carbocycles. The van der Waals surface area contributed by atoms with Gasteiger partial charge in [0.1, 0.15) is 6.04 Å². The van der Waals surface area contributed by atoms with Crippen molar-refractivity contribution in [3.63, 3.8) is 0 Å². The van der Waals surface area contributed by atoms with Crippen LogP contribution in [0.15, 0.2) is 0 Å². The molecule has 0 rings (SSSR count). The van der Waals surface area contributed by atoms with Crippen LogP contribution in [0.3, 0.4) is 0 Å². The maximum Gasteiger partial charge on any atom is 0.326 e. The number of carbonyl (C=O) groups excluding carboxylic acids is 1. The molecule has 1 amide bonds. The molecule has 0 spiro atoms. The van der Waals surface area contributed by atoms with Crippen LogP contribution < -0.4 is 11.1 Å². The summed E-state index contributed by atoms with van der Waals surface area (Å²) in [6, 6.07) is -0.931. The molecule has 0 bridgehead atoms. The standard InChI is InChI=1S/C11H22N2O4/c1-4-11(2,7-12)10(16)13-8(9(14)15)5-6-17-3/h8H,4-7,12H2,1-3H3,(H,13,16)(H,14,15). The number of hydrogen-bond acceptors (Lipinski definition) is 4. The summed E-state index contributed by atoms with van der Waals surface area (Å²) in [6.07, 6.45) is 0.799. The van der Waals surface area contributed by atoms with E-state index in [1.807, 2.05) is 6.92 Å². The zero-order chi connectivity index (χ0) is 13.5. The lowest BCUT2D eigenvalue weighted by Gasteiger charge is -2.27. The Bertz CT molecular complexity index is 264. The van der Waals surface area contributed by atoms with Crippen molar-refractivity contribution in [3.05, 3.63) is 0 Å². The van der Waals surface area contributed by atoms with Gasteiger partial charge in [0.2, 0.25) is 5.91 Å². The van der Waals surface area contributed by atoms with Gasteiger partial charge in [-0.15, -0.1) is 0 Å². The Labute approximate surface area is 102 Å². The van der Waals surface area contributed by atoms with Gasteiger partial charge in [-0.2, -0.15) is 0 Å². The second-order valence-electron chi connectivity index (χ2n) is 4.26. The van der Waals surface area contributed by atoms with Gasteiger partial charge in [0.05, 0.1) is 5.41 Å². The summed E-state index contributed by atoms with van der Waals surface area (Å²) < 4.78 is 4.80. The highest BCUT2D eigenvalue weighted by atomic mass is 16.5. The van der Waals surface area contributed by atoms with Gasteiger partial charge < -0.3 is 20.9 Å². The summed E-state index contributed by atoms with van der Waals surface area (Å²) in [7, 11) is 1.48. The second kappa shape index (κ2) is 7.24. The summed E-state index contributed by atoms with van der Waals surface area (Å²) in [5, 5.41) is 11.5. The molecule has 100 valence electrons. The van der Waals surface area contributed by atoms with E-state index in [1.165, 1.54) is 7.11 Å². The lowest BCUT2D eigenvalue weighted by atomic mass is 9.86. The highest BCUT2D eigenvalue weighted by Crippen LogP contribution is 2.19. The van der Waals surface area contributed by atoms with Gasteiger partial charge in [-0.05, 0) is 13.3 Å². The van der Waals surface area contributed by atoms with Crippen LogP contribution in [0.5, 0.6) is 0 Å². The minimum atomic E-state index is -1.06. The fraction of sp³-hybridized carbons (Fsp3) is 0.818. The number of nitrogens with two attached hydrogens (primary N) is 1. The number of carboxylic acid groups (broad SMARTS) is 1. The molecule has 0 aromatic heterocycles. The maximum atomic E-state index is 11.9. The van der Waals surface area contributed by atoms with Gasteiger partial charge in [0.25, 0.3) is 0 Å². The lowest BCUT2D eigenvalue weighted by molar-refractivity contribution is -0.144. The molecule has 0 fully saturated rings. The quantitative estimate of drug-likeness (QED) is 0.558. The third-order valence-corrected chi connectivity index (χ3v) is 2.99. The number of carbonyl (C=O) groups is 2. The van der Waals surface area contributed by atoms with Crippen LogP contribution >= 0.6 is 0 Å². The van der Waals surface area contributed by atoms with Gasteiger partial charge in [-0.25, -0.2) is 4.79 Å². The number of ether oxygens (including phenoxy) is 1. The summed E-state index contributed by atoms with van der Waals surface area (Å²) in [5.74, 6) is -1.39. The van der Waals surface area contributed by atoms with Crippen molar-refractivity contribution in [2.75, 3.05) is 20.3 Å². The van der Waals surface area contributed by atoms with E-state index >= 15 is 0 Å². The average molecular weight is 246 g/mol. The molecule has 0 saturated carbocycles. The molecule has 2 unspecified atom stereocenters. The molecule has 0 heterocycles. The number of rotatable bonds is 8. The van der Waals surface area contributed by atoms with E-state index in [0.29, 0.717) is 6.42 Å². The topological polar surface area (TPSA) is 102 Å². The number of amides is 1. The normalized spacial score (nSPS) is 16.0. The zero-order valence-electron chi connectivity index (χ0n) is 10.7. The Kier molecular flexibility index (Phi) is 6.75.